The molecule has 0 bridgehead atoms. The fourth-order valence-corrected chi connectivity index (χ4v) is 1.87. The van der Waals surface area contributed by atoms with Gasteiger partial charge in [-0.15, -0.1) is 4.68 Å². The van der Waals surface area contributed by atoms with Gasteiger partial charge in [-0.05, 0) is 23.1 Å². The summed E-state index contributed by atoms with van der Waals surface area (Å²) in [5.41, 5.74) is 0.493. The summed E-state index contributed by atoms with van der Waals surface area (Å²) in [5.74, 6) is -1.38. The van der Waals surface area contributed by atoms with Crippen LogP contribution in [0.1, 0.15) is 10.4 Å². The van der Waals surface area contributed by atoms with Crippen molar-refractivity contribution in [3.63, 3.8) is 0 Å². The van der Waals surface area contributed by atoms with Crippen LogP contribution >= 0.6 is 15.9 Å². The Labute approximate surface area is 109 Å². The van der Waals surface area contributed by atoms with Gasteiger partial charge in [-0.2, -0.15) is 0 Å². The van der Waals surface area contributed by atoms with Gasteiger partial charge in [-0.1, -0.05) is 15.9 Å². The van der Waals surface area contributed by atoms with Crippen LogP contribution in [0.2, 0.25) is 0 Å². The summed E-state index contributed by atoms with van der Waals surface area (Å²) in [6.07, 6.45) is 1.39. The highest BCUT2D eigenvalue weighted by molar-refractivity contribution is 9.10. The summed E-state index contributed by atoms with van der Waals surface area (Å²) in [7, 11) is 0. The molecular weight excluding hydrogens is 306 g/mol. The standard InChI is InChI=1S/C10H6BrN3O4/c11-7-3-6(10(15)16)4-8(5-7)13-2-1-9(12-13)14(17)18/h1-5H,(H,15,16). The van der Waals surface area contributed by atoms with Gasteiger partial charge in [0.2, 0.25) is 0 Å². The number of carboxylic acids is 1. The van der Waals surface area contributed by atoms with Gasteiger partial charge in [0.05, 0.1) is 28.6 Å². The van der Waals surface area contributed by atoms with E-state index in [1.807, 2.05) is 0 Å². The number of aromatic nitrogens is 2. The van der Waals surface area contributed by atoms with Gasteiger partial charge in [0, 0.05) is 4.47 Å². The van der Waals surface area contributed by atoms with Crippen LogP contribution < -0.4 is 0 Å². The van der Waals surface area contributed by atoms with E-state index in [2.05, 4.69) is 21.0 Å². The van der Waals surface area contributed by atoms with E-state index in [0.29, 0.717) is 10.2 Å². The van der Waals surface area contributed by atoms with Crippen LogP contribution in [0.4, 0.5) is 5.82 Å². The van der Waals surface area contributed by atoms with E-state index in [0.717, 1.165) is 0 Å². The minimum Gasteiger partial charge on any atom is -0.478 e. The minimum absolute atomic E-state index is 0.0672. The highest BCUT2D eigenvalue weighted by Gasteiger charge is 2.14. The quantitative estimate of drug-likeness (QED) is 0.692. The third kappa shape index (κ3) is 2.38. The van der Waals surface area contributed by atoms with Crippen molar-refractivity contribution in [3.05, 3.63) is 50.6 Å². The number of hydrogen-bond acceptors (Lipinski definition) is 4. The molecule has 2 aromatic rings. The number of benzene rings is 1. The number of nitrogens with zero attached hydrogens (tertiary/aromatic N) is 3. The van der Waals surface area contributed by atoms with Crippen molar-refractivity contribution in [2.75, 3.05) is 0 Å². The molecule has 1 aromatic carbocycles. The van der Waals surface area contributed by atoms with Crippen molar-refractivity contribution in [2.24, 2.45) is 0 Å². The van der Waals surface area contributed by atoms with Crippen molar-refractivity contribution < 1.29 is 14.8 Å². The summed E-state index contributed by atoms with van der Waals surface area (Å²) < 4.78 is 1.80. The van der Waals surface area contributed by atoms with E-state index in [9.17, 15) is 14.9 Å². The Kier molecular flexibility index (Phi) is 3.11. The minimum atomic E-state index is -1.08. The van der Waals surface area contributed by atoms with Crippen molar-refractivity contribution in [1.82, 2.24) is 9.78 Å². The lowest BCUT2D eigenvalue weighted by Gasteiger charge is -2.01. The zero-order chi connectivity index (χ0) is 13.3. The van der Waals surface area contributed by atoms with Crippen molar-refractivity contribution in [2.45, 2.75) is 0 Å². The molecule has 0 atom stereocenters. The third-order valence-electron chi connectivity index (χ3n) is 2.16. The van der Waals surface area contributed by atoms with E-state index in [1.165, 1.54) is 29.1 Å². The zero-order valence-electron chi connectivity index (χ0n) is 8.78. The zero-order valence-corrected chi connectivity index (χ0v) is 10.4. The maximum atomic E-state index is 10.9. The van der Waals surface area contributed by atoms with Crippen molar-refractivity contribution in [3.8, 4) is 5.69 Å². The van der Waals surface area contributed by atoms with Crippen molar-refractivity contribution in [1.29, 1.82) is 0 Å². The van der Waals surface area contributed by atoms with Crippen LogP contribution in [0.25, 0.3) is 5.69 Å². The largest absolute Gasteiger partial charge is 0.478 e. The average Bonchev–Trinajstić information content (AvgIpc) is 2.77. The van der Waals surface area contributed by atoms with Gasteiger partial charge in [0.15, 0.2) is 0 Å². The molecule has 7 nitrogen and oxygen atoms in total. The fraction of sp³-hybridized carbons (Fsp3) is 0. The maximum Gasteiger partial charge on any atom is 0.390 e. The molecule has 0 aliphatic carbocycles. The van der Waals surface area contributed by atoms with E-state index >= 15 is 0 Å². The molecule has 0 spiro atoms. The highest BCUT2D eigenvalue weighted by Crippen LogP contribution is 2.20. The number of rotatable bonds is 3. The van der Waals surface area contributed by atoms with Gasteiger partial charge in [-0.25, -0.2) is 4.79 Å². The Hall–Kier alpha value is -2.22. The molecule has 0 amide bonds. The average molecular weight is 312 g/mol. The molecule has 0 unspecified atom stereocenters. The summed E-state index contributed by atoms with van der Waals surface area (Å²) in [4.78, 5) is 20.8. The Balaban J connectivity index is 2.49. The Morgan fingerprint density at radius 1 is 1.44 bits per heavy atom. The molecule has 0 aliphatic rings. The first-order valence-electron chi connectivity index (χ1n) is 4.71. The first-order valence-corrected chi connectivity index (χ1v) is 5.51. The molecule has 2 rings (SSSR count). The van der Waals surface area contributed by atoms with Crippen LogP contribution in [0.15, 0.2) is 34.9 Å². The molecule has 92 valence electrons. The first kappa shape index (κ1) is 12.2. The smallest absolute Gasteiger partial charge is 0.390 e. The molecule has 0 saturated heterocycles. The van der Waals surface area contributed by atoms with Gasteiger partial charge in [0.25, 0.3) is 0 Å². The molecule has 0 radical (unpaired) electrons. The van der Waals surface area contributed by atoms with Crippen LogP contribution in [0.3, 0.4) is 0 Å². The monoisotopic (exact) mass is 311 g/mol. The third-order valence-corrected chi connectivity index (χ3v) is 2.61. The van der Waals surface area contributed by atoms with E-state index in [1.54, 1.807) is 6.07 Å². The Bertz CT molecular complexity index is 638. The van der Waals surface area contributed by atoms with Gasteiger partial charge in [-0.3, -0.25) is 0 Å². The highest BCUT2D eigenvalue weighted by atomic mass is 79.9. The van der Waals surface area contributed by atoms with Gasteiger partial charge < -0.3 is 15.2 Å². The predicted molar refractivity (Wildman–Crippen MR) is 64.9 cm³/mol. The second-order valence-electron chi connectivity index (χ2n) is 3.38. The molecular formula is C10H6BrN3O4. The van der Waals surface area contributed by atoms with Gasteiger partial charge in [0.1, 0.15) is 0 Å². The summed E-state index contributed by atoms with van der Waals surface area (Å²) in [6.45, 7) is 0. The van der Waals surface area contributed by atoms with E-state index in [-0.39, 0.29) is 11.4 Å². The van der Waals surface area contributed by atoms with Crippen LogP contribution in [-0.4, -0.2) is 25.8 Å². The molecule has 0 saturated carbocycles. The van der Waals surface area contributed by atoms with Crippen LogP contribution in [0.5, 0.6) is 0 Å². The van der Waals surface area contributed by atoms with Crippen molar-refractivity contribution >= 4 is 27.7 Å². The lowest BCUT2D eigenvalue weighted by Crippen LogP contribution is -2.01. The van der Waals surface area contributed by atoms with Crippen LogP contribution in [-0.2, 0) is 0 Å². The van der Waals surface area contributed by atoms with E-state index in [4.69, 9.17) is 5.11 Å². The normalized spacial score (nSPS) is 10.3. The van der Waals surface area contributed by atoms with E-state index < -0.39 is 10.9 Å². The lowest BCUT2D eigenvalue weighted by molar-refractivity contribution is -0.389. The molecule has 0 aliphatic heterocycles. The molecule has 1 N–H and O–H groups in total. The lowest BCUT2D eigenvalue weighted by atomic mass is 10.2. The topological polar surface area (TPSA) is 98.3 Å². The number of aromatic carboxylic acids is 1. The predicted octanol–water partition coefficient (Wildman–Crippen LogP) is 2.24. The fourth-order valence-electron chi connectivity index (χ4n) is 1.39. The second kappa shape index (κ2) is 4.57. The SMILES string of the molecule is O=C(O)c1cc(Br)cc(-n2ccc([N+](=O)[O-])n2)c1. The summed E-state index contributed by atoms with van der Waals surface area (Å²) in [6, 6.07) is 5.66. The second-order valence-corrected chi connectivity index (χ2v) is 4.29. The summed E-state index contributed by atoms with van der Waals surface area (Å²) in [5, 5.41) is 23.2. The first-order chi connectivity index (χ1) is 8.47. The Morgan fingerprint density at radius 3 is 2.72 bits per heavy atom. The molecule has 8 heteroatoms. The molecule has 0 fully saturated rings. The number of nitro groups is 1. The molecule has 1 aromatic heterocycles. The maximum absolute atomic E-state index is 10.9. The summed E-state index contributed by atoms with van der Waals surface area (Å²) >= 11 is 3.18. The number of halogens is 1. The molecule has 18 heavy (non-hydrogen) atoms. The van der Waals surface area contributed by atoms with Crippen LogP contribution in [0, 0.1) is 10.1 Å². The molecule has 1 heterocycles. The number of hydrogen-bond donors (Lipinski definition) is 1. The van der Waals surface area contributed by atoms with Gasteiger partial charge >= 0.3 is 11.8 Å². The number of carboxylic acid groups (broad SMARTS) is 1. The number of carbonyl (C=O) groups is 1. The Morgan fingerprint density at radius 2 is 2.17 bits per heavy atom.